The molecule has 0 unspecified atom stereocenters. The summed E-state index contributed by atoms with van der Waals surface area (Å²) in [4.78, 5) is 19.0. The normalized spacial score (nSPS) is 14.6. The average molecular weight is 392 g/mol. The minimum Gasteiger partial charge on any atom is -0.496 e. The Morgan fingerprint density at radius 1 is 1.14 bits per heavy atom. The summed E-state index contributed by atoms with van der Waals surface area (Å²) < 4.78 is 13.0. The first-order valence-electron chi connectivity index (χ1n) is 9.69. The molecular weight excluding hydrogens is 368 g/mol. The maximum atomic E-state index is 13.1. The van der Waals surface area contributed by atoms with E-state index in [1.165, 1.54) is 0 Å². The lowest BCUT2D eigenvalue weighted by atomic mass is 10.1. The first-order chi connectivity index (χ1) is 14.2. The van der Waals surface area contributed by atoms with E-state index in [4.69, 9.17) is 9.47 Å². The number of amides is 1. The van der Waals surface area contributed by atoms with Gasteiger partial charge in [-0.2, -0.15) is 5.10 Å². The molecule has 7 nitrogen and oxygen atoms in total. The van der Waals surface area contributed by atoms with Crippen molar-refractivity contribution in [3.8, 4) is 22.8 Å². The molecule has 7 heteroatoms. The lowest BCUT2D eigenvalue weighted by Crippen LogP contribution is -2.42. The van der Waals surface area contributed by atoms with Gasteiger partial charge in [0, 0.05) is 44.7 Å². The van der Waals surface area contributed by atoms with Crippen LogP contribution in [0.2, 0.25) is 0 Å². The lowest BCUT2D eigenvalue weighted by Gasteiger charge is -2.32. The summed E-state index contributed by atoms with van der Waals surface area (Å²) in [5, 5.41) is 4.53. The third kappa shape index (κ3) is 4.08. The zero-order valence-electron chi connectivity index (χ0n) is 16.6. The summed E-state index contributed by atoms with van der Waals surface area (Å²) in [6.07, 6.45) is 5.11. The topological polar surface area (TPSA) is 69.5 Å². The molecule has 0 atom stereocenters. The molecule has 3 heterocycles. The number of hydrogen-bond acceptors (Lipinski definition) is 5. The predicted octanol–water partition coefficient (Wildman–Crippen LogP) is 3.17. The van der Waals surface area contributed by atoms with Crippen LogP contribution < -0.4 is 9.47 Å². The van der Waals surface area contributed by atoms with Gasteiger partial charge in [0.15, 0.2) is 0 Å². The molecule has 2 aromatic heterocycles. The van der Waals surface area contributed by atoms with E-state index in [1.807, 2.05) is 47.4 Å². The molecule has 0 aliphatic carbocycles. The van der Waals surface area contributed by atoms with Gasteiger partial charge < -0.3 is 14.4 Å². The van der Waals surface area contributed by atoms with Crippen molar-refractivity contribution in [1.29, 1.82) is 0 Å². The summed E-state index contributed by atoms with van der Waals surface area (Å²) in [5.74, 6) is 1.49. The van der Waals surface area contributed by atoms with Crippen LogP contribution in [0.5, 0.6) is 11.5 Å². The van der Waals surface area contributed by atoms with Gasteiger partial charge in [-0.25, -0.2) is 0 Å². The Bertz CT molecular complexity index is 979. The number of carbonyl (C=O) groups excluding carboxylic acids is 1. The van der Waals surface area contributed by atoms with Gasteiger partial charge in [-0.05, 0) is 30.3 Å². The second kappa shape index (κ2) is 8.34. The molecule has 150 valence electrons. The van der Waals surface area contributed by atoms with Crippen molar-refractivity contribution < 1.29 is 14.3 Å². The summed E-state index contributed by atoms with van der Waals surface area (Å²) in [6, 6.07) is 13.3. The number of pyridine rings is 1. The summed E-state index contributed by atoms with van der Waals surface area (Å²) in [5.41, 5.74) is 2.16. The van der Waals surface area contributed by atoms with Crippen LogP contribution in [0.4, 0.5) is 0 Å². The van der Waals surface area contributed by atoms with Crippen LogP contribution in [0, 0.1) is 0 Å². The molecule has 1 aliphatic heterocycles. The van der Waals surface area contributed by atoms with Gasteiger partial charge in [-0.1, -0.05) is 12.1 Å². The van der Waals surface area contributed by atoms with E-state index in [-0.39, 0.29) is 12.0 Å². The molecule has 0 N–H and O–H groups in total. The minimum absolute atomic E-state index is 0.0130. The molecule has 29 heavy (non-hydrogen) atoms. The van der Waals surface area contributed by atoms with E-state index in [0.717, 1.165) is 35.6 Å². The fourth-order valence-corrected chi connectivity index (χ4v) is 3.60. The van der Waals surface area contributed by atoms with Crippen LogP contribution in [-0.4, -0.2) is 51.9 Å². The number of piperidine rings is 1. The van der Waals surface area contributed by atoms with Crippen LogP contribution in [0.15, 0.2) is 54.9 Å². The third-order valence-electron chi connectivity index (χ3n) is 5.15. The van der Waals surface area contributed by atoms with Gasteiger partial charge in [-0.3, -0.25) is 14.5 Å². The number of ether oxygens (including phenoxy) is 2. The Balaban J connectivity index is 1.43. The SMILES string of the molecule is COc1ccccc1-c1cc(C(=O)N2CCC(Oc3cccnc3)CC2)n(C)n1. The number of rotatable bonds is 5. The van der Waals surface area contributed by atoms with Gasteiger partial charge in [0.25, 0.3) is 5.91 Å². The van der Waals surface area contributed by atoms with Crippen molar-refractivity contribution in [3.63, 3.8) is 0 Å². The van der Waals surface area contributed by atoms with Crippen molar-refractivity contribution in [1.82, 2.24) is 19.7 Å². The molecule has 1 amide bonds. The highest BCUT2D eigenvalue weighted by Crippen LogP contribution is 2.29. The van der Waals surface area contributed by atoms with Crippen LogP contribution in [0.1, 0.15) is 23.3 Å². The second-order valence-corrected chi connectivity index (χ2v) is 7.04. The second-order valence-electron chi connectivity index (χ2n) is 7.04. The van der Waals surface area contributed by atoms with Gasteiger partial charge in [0.05, 0.1) is 19.0 Å². The lowest BCUT2D eigenvalue weighted by molar-refractivity contribution is 0.0585. The molecule has 1 saturated heterocycles. The number of aryl methyl sites for hydroxylation is 1. The summed E-state index contributed by atoms with van der Waals surface area (Å²) in [7, 11) is 3.43. The molecular formula is C22H24N4O3. The number of likely N-dealkylation sites (tertiary alicyclic amines) is 1. The number of methoxy groups -OCH3 is 1. The minimum atomic E-state index is -0.0130. The molecule has 3 aromatic rings. The summed E-state index contributed by atoms with van der Waals surface area (Å²) in [6.45, 7) is 1.30. The van der Waals surface area contributed by atoms with E-state index in [1.54, 1.807) is 31.2 Å². The Kier molecular flexibility index (Phi) is 5.46. The highest BCUT2D eigenvalue weighted by Gasteiger charge is 2.27. The zero-order chi connectivity index (χ0) is 20.2. The fraction of sp³-hybridized carbons (Fsp3) is 0.318. The quantitative estimate of drug-likeness (QED) is 0.667. The van der Waals surface area contributed by atoms with E-state index in [2.05, 4.69) is 10.1 Å². The smallest absolute Gasteiger partial charge is 0.272 e. The summed E-state index contributed by atoms with van der Waals surface area (Å²) >= 11 is 0. The number of nitrogens with zero attached hydrogens (tertiary/aromatic N) is 4. The van der Waals surface area contributed by atoms with Gasteiger partial charge >= 0.3 is 0 Å². The van der Waals surface area contributed by atoms with Gasteiger partial charge in [-0.15, -0.1) is 0 Å². The van der Waals surface area contributed by atoms with Crippen molar-refractivity contribution in [2.75, 3.05) is 20.2 Å². The number of benzene rings is 1. The molecule has 0 radical (unpaired) electrons. The third-order valence-corrected chi connectivity index (χ3v) is 5.15. The molecule has 0 spiro atoms. The highest BCUT2D eigenvalue weighted by atomic mass is 16.5. The average Bonchev–Trinajstić information content (AvgIpc) is 3.16. The number of carbonyl (C=O) groups is 1. The maximum absolute atomic E-state index is 13.1. The van der Waals surface area contributed by atoms with Gasteiger partial charge in [0.1, 0.15) is 23.3 Å². The van der Waals surface area contributed by atoms with E-state index >= 15 is 0 Å². The van der Waals surface area contributed by atoms with Crippen LogP contribution in [0.3, 0.4) is 0 Å². The van der Waals surface area contributed by atoms with E-state index in [9.17, 15) is 4.79 Å². The Morgan fingerprint density at radius 3 is 2.66 bits per heavy atom. The maximum Gasteiger partial charge on any atom is 0.272 e. The Morgan fingerprint density at radius 2 is 1.93 bits per heavy atom. The molecule has 1 aliphatic rings. The van der Waals surface area contributed by atoms with Gasteiger partial charge in [0.2, 0.25) is 0 Å². The van der Waals surface area contributed by atoms with Crippen LogP contribution in [-0.2, 0) is 7.05 Å². The predicted molar refractivity (Wildman–Crippen MR) is 109 cm³/mol. The largest absolute Gasteiger partial charge is 0.496 e. The Hall–Kier alpha value is -3.35. The number of aromatic nitrogens is 3. The monoisotopic (exact) mass is 392 g/mol. The molecule has 4 rings (SSSR count). The van der Waals surface area contributed by atoms with Crippen molar-refractivity contribution >= 4 is 5.91 Å². The molecule has 0 bridgehead atoms. The number of para-hydroxylation sites is 1. The Labute approximate surface area is 169 Å². The van der Waals surface area contributed by atoms with Crippen molar-refractivity contribution in [2.45, 2.75) is 18.9 Å². The fourth-order valence-electron chi connectivity index (χ4n) is 3.60. The van der Waals surface area contributed by atoms with Crippen LogP contribution >= 0.6 is 0 Å². The first kappa shape index (κ1) is 19.0. The number of hydrogen-bond donors (Lipinski definition) is 0. The highest BCUT2D eigenvalue weighted by molar-refractivity contribution is 5.94. The van der Waals surface area contributed by atoms with Crippen molar-refractivity contribution in [3.05, 3.63) is 60.6 Å². The standard InChI is InChI=1S/C22H24N4O3/c1-25-20(14-19(24-25)18-7-3-4-8-21(18)28-2)22(27)26-12-9-16(10-13-26)29-17-6-5-11-23-15-17/h3-8,11,14-16H,9-10,12-13H2,1-2H3. The van der Waals surface area contributed by atoms with Crippen LogP contribution in [0.25, 0.3) is 11.3 Å². The zero-order valence-corrected chi connectivity index (χ0v) is 16.6. The molecule has 1 aromatic carbocycles. The molecule has 0 saturated carbocycles. The first-order valence-corrected chi connectivity index (χ1v) is 9.69. The van der Waals surface area contributed by atoms with Crippen molar-refractivity contribution in [2.24, 2.45) is 7.05 Å². The van der Waals surface area contributed by atoms with E-state index < -0.39 is 0 Å². The molecule has 1 fully saturated rings. The van der Waals surface area contributed by atoms with E-state index in [0.29, 0.717) is 18.8 Å².